The SMILES string of the molecule is CC/C=C\C/C=C\C/C=C\C/C=C\C/C=C\C/C=C\CCCCCCCCCCCCC(=O)OC(COC(=O)CCCCCCCCCC/C=C\C/C=C\C/C=C\C/C=C\C/C=C\C/C=C\CC)COP(=O)(O)OCCN. The van der Waals surface area contributed by atoms with Crippen molar-refractivity contribution in [1.29, 1.82) is 0 Å². The van der Waals surface area contributed by atoms with E-state index >= 15 is 0 Å². The number of hydrogen-bond acceptors (Lipinski definition) is 8. The van der Waals surface area contributed by atoms with Gasteiger partial charge in [-0.15, -0.1) is 0 Å². The molecule has 436 valence electrons. The fraction of sp³-hybridized carbons (Fsp3) is 0.612. The van der Waals surface area contributed by atoms with Crippen molar-refractivity contribution < 1.29 is 37.6 Å². The van der Waals surface area contributed by atoms with Crippen LogP contribution in [-0.4, -0.2) is 49.3 Å². The van der Waals surface area contributed by atoms with Crippen molar-refractivity contribution >= 4 is 19.8 Å². The number of rotatable bonds is 55. The number of allylic oxidation sites excluding steroid dienone is 24. The zero-order valence-corrected chi connectivity index (χ0v) is 49.5. The van der Waals surface area contributed by atoms with E-state index in [0.717, 1.165) is 128 Å². The van der Waals surface area contributed by atoms with E-state index < -0.39 is 32.5 Å². The predicted octanol–water partition coefficient (Wildman–Crippen LogP) is 19.5. The minimum absolute atomic E-state index is 0.0436. The van der Waals surface area contributed by atoms with Gasteiger partial charge in [0, 0.05) is 19.4 Å². The zero-order valence-electron chi connectivity index (χ0n) is 48.6. The van der Waals surface area contributed by atoms with Gasteiger partial charge in [0.2, 0.25) is 0 Å². The standard InChI is InChI=1S/C67H110NO8P/c1-3-5-7-9-11-13-15-17-19-21-23-25-27-29-31-32-34-36-38-40-42-44-46-48-50-52-54-56-58-60-67(70)76-65(64-75-77(71,72)74-62-61-68)63-73-66(69)59-57-55-53-51-49-47-45-43-41-39-37-35-33-30-28-26-24-22-20-18-16-14-12-10-8-6-4-2/h5-8,11-14,17-20,23-26,29-31,33-34,36-37,39,65H,3-4,9-10,15-16,21-22,27-28,32,35,38,40-64,68H2,1-2H3,(H,71,72)/b7-5-,8-6-,13-11-,14-12-,19-17-,20-18-,25-23-,26-24-,31-29-,33-30-,36-34-,39-37-. The number of carbonyl (C=O) groups excluding carboxylic acids is 2. The molecule has 0 heterocycles. The average molecular weight is 1090 g/mol. The van der Waals surface area contributed by atoms with Crippen molar-refractivity contribution in [1.82, 2.24) is 0 Å². The Kier molecular flexibility index (Phi) is 57.8. The Morgan fingerprint density at radius 2 is 0.675 bits per heavy atom. The molecule has 0 aromatic rings. The van der Waals surface area contributed by atoms with Gasteiger partial charge in [-0.2, -0.15) is 0 Å². The molecule has 0 aliphatic rings. The third kappa shape index (κ3) is 61.0. The number of ether oxygens (including phenoxy) is 2. The smallest absolute Gasteiger partial charge is 0.462 e. The molecule has 0 radical (unpaired) electrons. The summed E-state index contributed by atoms with van der Waals surface area (Å²) in [6.07, 6.45) is 87.5. The first-order valence-electron chi connectivity index (χ1n) is 30.3. The summed E-state index contributed by atoms with van der Waals surface area (Å²) < 4.78 is 33.1. The molecule has 3 N–H and O–H groups in total. The molecule has 77 heavy (non-hydrogen) atoms. The predicted molar refractivity (Wildman–Crippen MR) is 330 cm³/mol. The van der Waals surface area contributed by atoms with Crippen molar-refractivity contribution in [2.24, 2.45) is 5.73 Å². The van der Waals surface area contributed by atoms with E-state index in [1.807, 2.05) is 0 Å². The second-order valence-electron chi connectivity index (χ2n) is 19.5. The number of unbranched alkanes of at least 4 members (excludes halogenated alkanes) is 18. The number of carbonyl (C=O) groups is 2. The molecule has 2 atom stereocenters. The first-order chi connectivity index (χ1) is 37.8. The lowest BCUT2D eigenvalue weighted by Gasteiger charge is -2.19. The summed E-state index contributed by atoms with van der Waals surface area (Å²) in [4.78, 5) is 35.3. The highest BCUT2D eigenvalue weighted by Gasteiger charge is 2.26. The maximum absolute atomic E-state index is 12.7. The molecular formula is C67H110NO8P. The molecule has 2 unspecified atom stereocenters. The fourth-order valence-corrected chi connectivity index (χ4v) is 8.58. The van der Waals surface area contributed by atoms with Crippen LogP contribution < -0.4 is 5.73 Å². The minimum atomic E-state index is -4.40. The van der Waals surface area contributed by atoms with Gasteiger partial charge < -0.3 is 20.1 Å². The summed E-state index contributed by atoms with van der Waals surface area (Å²) >= 11 is 0. The van der Waals surface area contributed by atoms with Gasteiger partial charge in [-0.05, 0) is 116 Å². The number of phosphoric acid groups is 1. The average Bonchev–Trinajstić information content (AvgIpc) is 3.42. The molecule has 0 aliphatic carbocycles. The molecular weight excluding hydrogens is 978 g/mol. The van der Waals surface area contributed by atoms with Gasteiger partial charge in [0.15, 0.2) is 6.10 Å². The molecule has 0 spiro atoms. The van der Waals surface area contributed by atoms with E-state index in [4.69, 9.17) is 24.3 Å². The van der Waals surface area contributed by atoms with Crippen LogP contribution in [-0.2, 0) is 32.7 Å². The van der Waals surface area contributed by atoms with Crippen LogP contribution in [0.5, 0.6) is 0 Å². The number of hydrogen-bond donors (Lipinski definition) is 2. The Morgan fingerprint density at radius 1 is 0.390 bits per heavy atom. The Labute approximate surface area is 471 Å². The van der Waals surface area contributed by atoms with Gasteiger partial charge in [-0.1, -0.05) is 250 Å². The molecule has 9 nitrogen and oxygen atoms in total. The van der Waals surface area contributed by atoms with E-state index in [-0.39, 0.29) is 32.6 Å². The van der Waals surface area contributed by atoms with E-state index in [9.17, 15) is 19.0 Å². The quantitative estimate of drug-likeness (QED) is 0.0264. The van der Waals surface area contributed by atoms with Crippen molar-refractivity contribution in [3.8, 4) is 0 Å². The second kappa shape index (κ2) is 61.1. The van der Waals surface area contributed by atoms with Gasteiger partial charge in [0.1, 0.15) is 6.61 Å². The van der Waals surface area contributed by atoms with E-state index in [1.165, 1.54) is 64.2 Å². The Morgan fingerprint density at radius 3 is 1.00 bits per heavy atom. The summed E-state index contributed by atoms with van der Waals surface area (Å²) in [5.74, 6) is -0.851. The Bertz CT molecular complexity index is 1770. The van der Waals surface area contributed by atoms with E-state index in [2.05, 4.69) is 160 Å². The Hall–Kier alpha value is -4.11. The van der Waals surface area contributed by atoms with Crippen LogP contribution in [0.15, 0.2) is 146 Å². The zero-order chi connectivity index (χ0) is 55.9. The molecule has 0 rings (SSSR count). The highest BCUT2D eigenvalue weighted by molar-refractivity contribution is 7.47. The van der Waals surface area contributed by atoms with Crippen molar-refractivity contribution in [2.75, 3.05) is 26.4 Å². The summed E-state index contributed by atoms with van der Waals surface area (Å²) in [7, 11) is -4.40. The van der Waals surface area contributed by atoms with E-state index in [0.29, 0.717) is 12.8 Å². The van der Waals surface area contributed by atoms with Crippen LogP contribution in [0, 0.1) is 0 Å². The first kappa shape index (κ1) is 72.9. The molecule has 0 aliphatic heterocycles. The van der Waals surface area contributed by atoms with Gasteiger partial charge in [0.25, 0.3) is 0 Å². The molecule has 0 aromatic heterocycles. The largest absolute Gasteiger partial charge is 0.472 e. The highest BCUT2D eigenvalue weighted by atomic mass is 31.2. The van der Waals surface area contributed by atoms with Gasteiger partial charge >= 0.3 is 19.8 Å². The monoisotopic (exact) mass is 1090 g/mol. The summed E-state index contributed by atoms with van der Waals surface area (Å²) in [5.41, 5.74) is 5.39. The van der Waals surface area contributed by atoms with Crippen LogP contribution in [0.25, 0.3) is 0 Å². The maximum atomic E-state index is 12.7. The molecule has 0 saturated heterocycles. The third-order valence-electron chi connectivity index (χ3n) is 12.2. The number of phosphoric ester groups is 1. The van der Waals surface area contributed by atoms with E-state index in [1.54, 1.807) is 0 Å². The molecule has 0 saturated carbocycles. The lowest BCUT2D eigenvalue weighted by atomic mass is 10.0. The van der Waals surface area contributed by atoms with Crippen molar-refractivity contribution in [3.63, 3.8) is 0 Å². The number of esters is 2. The lowest BCUT2D eigenvalue weighted by Crippen LogP contribution is -2.29. The van der Waals surface area contributed by atoms with Crippen LogP contribution in [0.2, 0.25) is 0 Å². The maximum Gasteiger partial charge on any atom is 0.472 e. The third-order valence-corrected chi connectivity index (χ3v) is 13.2. The fourth-order valence-electron chi connectivity index (χ4n) is 7.82. The topological polar surface area (TPSA) is 134 Å². The normalized spacial score (nSPS) is 14.1. The van der Waals surface area contributed by atoms with Crippen LogP contribution >= 0.6 is 7.82 Å². The van der Waals surface area contributed by atoms with Crippen LogP contribution in [0.3, 0.4) is 0 Å². The number of nitrogens with two attached hydrogens (primary N) is 1. The van der Waals surface area contributed by atoms with Gasteiger partial charge in [-0.25, -0.2) is 4.57 Å². The van der Waals surface area contributed by atoms with Crippen LogP contribution in [0.4, 0.5) is 0 Å². The summed E-state index contributed by atoms with van der Waals surface area (Å²) in [5, 5.41) is 0. The molecule has 0 fully saturated rings. The van der Waals surface area contributed by atoms with Gasteiger partial charge in [-0.3, -0.25) is 18.6 Å². The van der Waals surface area contributed by atoms with Crippen molar-refractivity contribution in [3.05, 3.63) is 146 Å². The lowest BCUT2D eigenvalue weighted by molar-refractivity contribution is -0.161. The molecule has 10 heteroatoms. The van der Waals surface area contributed by atoms with Gasteiger partial charge in [0.05, 0.1) is 13.2 Å². The summed E-state index contributed by atoms with van der Waals surface area (Å²) in [6, 6.07) is 0. The van der Waals surface area contributed by atoms with Crippen molar-refractivity contribution in [2.45, 2.75) is 238 Å². The molecule has 0 amide bonds. The van der Waals surface area contributed by atoms with Crippen LogP contribution in [0.1, 0.15) is 232 Å². The first-order valence-corrected chi connectivity index (χ1v) is 31.8. The molecule has 0 bridgehead atoms. The summed E-state index contributed by atoms with van der Waals surface area (Å²) in [6.45, 7) is 3.49. The highest BCUT2D eigenvalue weighted by Crippen LogP contribution is 2.43. The molecule has 0 aromatic carbocycles. The minimum Gasteiger partial charge on any atom is -0.462 e. The Balaban J connectivity index is 4.04. The second-order valence-corrected chi connectivity index (χ2v) is 20.9.